The first-order valence-electron chi connectivity index (χ1n) is 9.14. The van der Waals surface area contributed by atoms with Gasteiger partial charge in [0.2, 0.25) is 10.0 Å². The molecule has 0 spiro atoms. The molecular formula is C20H24N2O6S. The zero-order chi connectivity index (χ0) is 21.2. The topological polar surface area (TPSA) is 106 Å². The number of sulfonamides is 1. The third-order valence-electron chi connectivity index (χ3n) is 4.63. The summed E-state index contributed by atoms with van der Waals surface area (Å²) < 4.78 is 38.7. The van der Waals surface area contributed by atoms with Crippen LogP contribution in [0.2, 0.25) is 0 Å². The first-order chi connectivity index (χ1) is 13.6. The van der Waals surface area contributed by atoms with E-state index in [0.717, 1.165) is 9.87 Å². The van der Waals surface area contributed by atoms with Crippen LogP contribution in [-0.4, -0.2) is 53.1 Å². The van der Waals surface area contributed by atoms with E-state index in [2.05, 4.69) is 4.98 Å². The molecule has 0 aliphatic carbocycles. The second kappa shape index (κ2) is 8.10. The van der Waals surface area contributed by atoms with E-state index in [-0.39, 0.29) is 11.4 Å². The minimum absolute atomic E-state index is 0.00455. The third kappa shape index (κ3) is 4.75. The van der Waals surface area contributed by atoms with Crippen LogP contribution in [0.5, 0.6) is 5.75 Å². The van der Waals surface area contributed by atoms with Crippen LogP contribution in [-0.2, 0) is 26.2 Å². The predicted molar refractivity (Wildman–Crippen MR) is 105 cm³/mol. The third-order valence-corrected chi connectivity index (χ3v) is 6.48. The van der Waals surface area contributed by atoms with Crippen molar-refractivity contribution in [2.45, 2.75) is 50.0 Å². The number of nitrogens with zero attached hydrogens (tertiary/aromatic N) is 2. The van der Waals surface area contributed by atoms with Crippen LogP contribution in [0.3, 0.4) is 0 Å². The summed E-state index contributed by atoms with van der Waals surface area (Å²) in [6.45, 7) is 5.31. The molecule has 2 aromatic rings. The highest BCUT2D eigenvalue weighted by atomic mass is 32.2. The van der Waals surface area contributed by atoms with E-state index in [4.69, 9.17) is 9.47 Å². The molecule has 0 amide bonds. The first kappa shape index (κ1) is 21.2. The molecule has 2 heterocycles. The number of ether oxygens (including phenoxy) is 2. The molecule has 1 fully saturated rings. The van der Waals surface area contributed by atoms with Crippen molar-refractivity contribution < 1.29 is 27.8 Å². The molecule has 9 heteroatoms. The highest BCUT2D eigenvalue weighted by Crippen LogP contribution is 2.31. The van der Waals surface area contributed by atoms with Crippen LogP contribution in [0.4, 0.5) is 0 Å². The second-order valence-electron chi connectivity index (χ2n) is 7.53. The van der Waals surface area contributed by atoms with E-state index in [1.54, 1.807) is 45.3 Å². The van der Waals surface area contributed by atoms with Crippen molar-refractivity contribution in [2.24, 2.45) is 0 Å². The normalized spacial score (nSPS) is 22.2. The van der Waals surface area contributed by atoms with Crippen LogP contribution in [0.1, 0.15) is 26.3 Å². The van der Waals surface area contributed by atoms with Gasteiger partial charge in [-0.15, -0.1) is 0 Å². The molecule has 8 nitrogen and oxygen atoms in total. The van der Waals surface area contributed by atoms with Crippen molar-refractivity contribution in [3.63, 3.8) is 0 Å². The van der Waals surface area contributed by atoms with E-state index in [0.29, 0.717) is 12.4 Å². The minimum atomic E-state index is -4.04. The molecule has 1 saturated heterocycles. The van der Waals surface area contributed by atoms with Gasteiger partial charge < -0.3 is 14.6 Å². The number of hydrogen-bond acceptors (Lipinski definition) is 6. The van der Waals surface area contributed by atoms with Gasteiger partial charge >= 0.3 is 5.97 Å². The van der Waals surface area contributed by atoms with Crippen molar-refractivity contribution in [3.05, 3.63) is 54.4 Å². The van der Waals surface area contributed by atoms with Gasteiger partial charge in [-0.3, -0.25) is 9.78 Å². The highest BCUT2D eigenvalue weighted by molar-refractivity contribution is 7.89. The van der Waals surface area contributed by atoms with Crippen LogP contribution < -0.4 is 4.74 Å². The Morgan fingerprint density at radius 3 is 2.45 bits per heavy atom. The standard InChI is InChI=1S/C20H24N2O6S/c1-14-18(19(23)24)22(13-20(2,3)28-14)29(25,26)17-6-4-16(5-7-17)27-12-15-8-10-21-11-9-15/h4-11,14,18H,12-13H2,1-3H3,(H,23,24)/t14-,18+/m0/s1. The quantitative estimate of drug-likeness (QED) is 0.764. The fraction of sp³-hybridized carbons (Fsp3) is 0.400. The summed E-state index contributed by atoms with van der Waals surface area (Å²) in [5.74, 6) is -0.736. The predicted octanol–water partition coefficient (Wildman–Crippen LogP) is 2.30. The van der Waals surface area contributed by atoms with Gasteiger partial charge in [0, 0.05) is 18.9 Å². The first-order valence-corrected chi connectivity index (χ1v) is 10.6. The molecule has 1 N–H and O–H groups in total. The zero-order valence-electron chi connectivity index (χ0n) is 16.5. The Bertz CT molecular complexity index is 960. The van der Waals surface area contributed by atoms with Crippen LogP contribution in [0.25, 0.3) is 0 Å². The maximum atomic E-state index is 13.2. The largest absolute Gasteiger partial charge is 0.489 e. The fourth-order valence-corrected chi connectivity index (χ4v) is 5.15. The lowest BCUT2D eigenvalue weighted by atomic mass is 10.0. The van der Waals surface area contributed by atoms with E-state index < -0.39 is 33.7 Å². The van der Waals surface area contributed by atoms with Gasteiger partial charge in [0.05, 0.1) is 16.6 Å². The van der Waals surface area contributed by atoms with Crippen molar-refractivity contribution >= 4 is 16.0 Å². The maximum absolute atomic E-state index is 13.2. The zero-order valence-corrected chi connectivity index (χ0v) is 17.3. The van der Waals surface area contributed by atoms with Crippen LogP contribution in [0, 0.1) is 0 Å². The number of hydrogen-bond donors (Lipinski definition) is 1. The van der Waals surface area contributed by atoms with Crippen molar-refractivity contribution in [3.8, 4) is 5.75 Å². The van der Waals surface area contributed by atoms with E-state index >= 15 is 0 Å². The number of pyridine rings is 1. The molecule has 1 aliphatic heterocycles. The van der Waals surface area contributed by atoms with Gasteiger partial charge in [-0.2, -0.15) is 4.31 Å². The van der Waals surface area contributed by atoms with Gasteiger partial charge in [0.1, 0.15) is 18.4 Å². The number of aromatic nitrogens is 1. The number of morpholine rings is 1. The molecule has 2 atom stereocenters. The Kier molecular flexibility index (Phi) is 5.92. The summed E-state index contributed by atoms with van der Waals surface area (Å²) in [6.07, 6.45) is 2.55. The summed E-state index contributed by atoms with van der Waals surface area (Å²) in [6, 6.07) is 8.30. The summed E-state index contributed by atoms with van der Waals surface area (Å²) in [5, 5.41) is 9.57. The van der Waals surface area contributed by atoms with Crippen LogP contribution >= 0.6 is 0 Å². The summed E-state index contributed by atoms with van der Waals surface area (Å²) >= 11 is 0. The summed E-state index contributed by atoms with van der Waals surface area (Å²) in [4.78, 5) is 15.7. The number of carboxylic acids is 1. The Labute approximate surface area is 170 Å². The van der Waals surface area contributed by atoms with Gasteiger partial charge in [0.15, 0.2) is 0 Å². The fourth-order valence-electron chi connectivity index (χ4n) is 3.36. The van der Waals surface area contributed by atoms with Gasteiger partial charge in [-0.05, 0) is 62.7 Å². The summed E-state index contributed by atoms with van der Waals surface area (Å²) in [7, 11) is -4.04. The molecule has 0 saturated carbocycles. The summed E-state index contributed by atoms with van der Waals surface area (Å²) in [5.41, 5.74) is 0.136. The average molecular weight is 420 g/mol. The highest BCUT2D eigenvalue weighted by Gasteiger charge is 2.48. The van der Waals surface area contributed by atoms with Crippen molar-refractivity contribution in [1.29, 1.82) is 0 Å². The van der Waals surface area contributed by atoms with E-state index in [1.807, 2.05) is 12.1 Å². The smallest absolute Gasteiger partial charge is 0.324 e. The number of carbonyl (C=O) groups is 1. The van der Waals surface area contributed by atoms with Crippen molar-refractivity contribution in [2.75, 3.05) is 6.54 Å². The molecule has 156 valence electrons. The number of rotatable bonds is 6. The molecule has 1 aromatic carbocycles. The molecule has 3 rings (SSSR count). The number of benzene rings is 1. The van der Waals surface area contributed by atoms with Gasteiger partial charge in [-0.25, -0.2) is 8.42 Å². The molecule has 0 bridgehead atoms. The maximum Gasteiger partial charge on any atom is 0.324 e. The molecule has 29 heavy (non-hydrogen) atoms. The molecule has 1 aromatic heterocycles. The average Bonchev–Trinajstić information content (AvgIpc) is 2.66. The van der Waals surface area contributed by atoms with Crippen LogP contribution in [0.15, 0.2) is 53.7 Å². The van der Waals surface area contributed by atoms with E-state index in [1.165, 1.54) is 12.1 Å². The monoisotopic (exact) mass is 420 g/mol. The number of carboxylic acid groups (broad SMARTS) is 1. The SMILES string of the molecule is C[C@@H]1OC(C)(C)CN(S(=O)(=O)c2ccc(OCc3ccncc3)cc2)[C@H]1C(=O)O. The molecule has 1 aliphatic rings. The molecule has 0 radical (unpaired) electrons. The lowest BCUT2D eigenvalue weighted by molar-refractivity contribution is -0.168. The van der Waals surface area contributed by atoms with Gasteiger partial charge in [0.25, 0.3) is 0 Å². The molecular weight excluding hydrogens is 396 g/mol. The Balaban J connectivity index is 1.81. The molecule has 0 unspecified atom stereocenters. The Morgan fingerprint density at radius 2 is 1.86 bits per heavy atom. The Hall–Kier alpha value is -2.49. The van der Waals surface area contributed by atoms with E-state index in [9.17, 15) is 18.3 Å². The lowest BCUT2D eigenvalue weighted by Crippen LogP contribution is -2.62. The lowest BCUT2D eigenvalue weighted by Gasteiger charge is -2.44. The van der Waals surface area contributed by atoms with Crippen molar-refractivity contribution in [1.82, 2.24) is 9.29 Å². The second-order valence-corrected chi connectivity index (χ2v) is 9.42. The van der Waals surface area contributed by atoms with Gasteiger partial charge in [-0.1, -0.05) is 0 Å². The minimum Gasteiger partial charge on any atom is -0.489 e. The Morgan fingerprint density at radius 1 is 1.24 bits per heavy atom. The number of aliphatic carboxylic acids is 1.